The maximum atomic E-state index is 13.5. The van der Waals surface area contributed by atoms with E-state index in [4.69, 9.17) is 14.3 Å². The molecule has 338 valence electrons. The van der Waals surface area contributed by atoms with Crippen molar-refractivity contribution >= 4 is 5.91 Å². The quantitative estimate of drug-likeness (QED) is 0.0212. The van der Waals surface area contributed by atoms with Gasteiger partial charge in [-0.1, -0.05) is 141 Å². The van der Waals surface area contributed by atoms with Gasteiger partial charge in [-0.05, 0) is 124 Å². The third-order valence-corrected chi connectivity index (χ3v) is 11.8. The second kappa shape index (κ2) is 35.7. The molecule has 3 atom stereocenters. The molecule has 0 radical (unpaired) electrons. The lowest BCUT2D eigenvalue weighted by Crippen LogP contribution is -2.35. The van der Waals surface area contributed by atoms with Crippen molar-refractivity contribution in [3.05, 3.63) is 41.1 Å². The van der Waals surface area contributed by atoms with Crippen molar-refractivity contribution in [2.24, 2.45) is 17.8 Å². The van der Waals surface area contributed by atoms with E-state index in [1.54, 1.807) is 11.1 Å². The first kappa shape index (κ1) is 54.0. The summed E-state index contributed by atoms with van der Waals surface area (Å²) in [4.78, 5) is 19.3. The average Bonchev–Trinajstić information content (AvgIpc) is 4.06. The van der Waals surface area contributed by atoms with E-state index in [0.717, 1.165) is 89.7 Å². The highest BCUT2D eigenvalue weighted by Crippen LogP contribution is 2.36. The predicted molar refractivity (Wildman–Crippen MR) is 250 cm³/mol. The molecular formula is C52H96N2O4. The normalized spacial score (nSPS) is 14.5. The van der Waals surface area contributed by atoms with E-state index >= 15 is 0 Å². The van der Waals surface area contributed by atoms with Gasteiger partial charge in [0.25, 0.3) is 0 Å². The van der Waals surface area contributed by atoms with Crippen LogP contribution in [0.3, 0.4) is 0 Å². The zero-order valence-electron chi connectivity index (χ0n) is 39.8. The number of allylic oxidation sites excluding steroid dienone is 5. The molecule has 6 nitrogen and oxygen atoms in total. The Hall–Kier alpha value is -2.01. The molecule has 1 saturated carbocycles. The van der Waals surface area contributed by atoms with Gasteiger partial charge in [0.2, 0.25) is 5.91 Å². The molecule has 0 heterocycles. The number of hydrogen-bond donors (Lipinski definition) is 2. The predicted octanol–water partition coefficient (Wildman–Crippen LogP) is 15.2. The van der Waals surface area contributed by atoms with Gasteiger partial charge in [0.1, 0.15) is 5.76 Å². The van der Waals surface area contributed by atoms with E-state index in [2.05, 4.69) is 63.8 Å². The molecule has 0 aromatic heterocycles. The fraction of sp³-hybridized carbons (Fsp3) is 0.846. The number of nitrogens with one attached hydrogen (secondary N) is 2. The van der Waals surface area contributed by atoms with Crippen molar-refractivity contribution in [2.75, 3.05) is 26.3 Å². The van der Waals surface area contributed by atoms with Gasteiger partial charge < -0.3 is 14.8 Å². The molecule has 1 fully saturated rings. The first-order chi connectivity index (χ1) is 28.1. The number of carbonyl (C=O) groups excluding carboxylic acids is 1. The lowest BCUT2D eigenvalue weighted by Gasteiger charge is -2.22. The van der Waals surface area contributed by atoms with E-state index in [9.17, 15) is 4.79 Å². The van der Waals surface area contributed by atoms with E-state index in [1.807, 2.05) is 20.8 Å². The average molecular weight is 813 g/mol. The molecule has 2 unspecified atom stereocenters. The smallest absolute Gasteiger partial charge is 0.223 e. The van der Waals surface area contributed by atoms with E-state index in [1.165, 1.54) is 121 Å². The third kappa shape index (κ3) is 28.5. The Balaban J connectivity index is 2.56. The van der Waals surface area contributed by atoms with Crippen LogP contribution in [0.5, 0.6) is 0 Å². The number of hydrogen-bond acceptors (Lipinski definition) is 5. The van der Waals surface area contributed by atoms with Crippen LogP contribution in [-0.4, -0.2) is 37.8 Å². The number of carbonyl (C=O) groups is 1. The van der Waals surface area contributed by atoms with Crippen LogP contribution in [0.1, 0.15) is 235 Å². The summed E-state index contributed by atoms with van der Waals surface area (Å²) < 4.78 is 12.7. The third-order valence-electron chi connectivity index (χ3n) is 11.8. The summed E-state index contributed by atoms with van der Waals surface area (Å²) in [5.41, 5.74) is 9.31. The van der Waals surface area contributed by atoms with Crippen LogP contribution in [-0.2, 0) is 19.1 Å². The van der Waals surface area contributed by atoms with E-state index < -0.39 is 0 Å². The van der Waals surface area contributed by atoms with Crippen LogP contribution in [0.2, 0.25) is 0 Å². The molecule has 2 N–H and O–H groups in total. The first-order valence-corrected chi connectivity index (χ1v) is 24.8. The molecule has 0 saturated heterocycles. The molecule has 0 aromatic carbocycles. The molecule has 0 aliphatic heterocycles. The van der Waals surface area contributed by atoms with Crippen LogP contribution >= 0.6 is 0 Å². The van der Waals surface area contributed by atoms with Crippen molar-refractivity contribution in [1.82, 2.24) is 10.8 Å². The van der Waals surface area contributed by atoms with Crippen molar-refractivity contribution < 1.29 is 19.1 Å². The zero-order valence-corrected chi connectivity index (χ0v) is 39.8. The fourth-order valence-corrected chi connectivity index (χ4v) is 8.08. The zero-order chi connectivity index (χ0) is 42.7. The number of ether oxygens (including phenoxy) is 2. The minimum absolute atomic E-state index is 0.0142. The van der Waals surface area contributed by atoms with Gasteiger partial charge in [-0.15, -0.1) is 0 Å². The van der Waals surface area contributed by atoms with Crippen molar-refractivity contribution in [1.29, 1.82) is 0 Å². The summed E-state index contributed by atoms with van der Waals surface area (Å²) in [6.45, 7) is 24.3. The molecule has 6 heteroatoms. The Kier molecular flexibility index (Phi) is 33.3. The maximum Gasteiger partial charge on any atom is 0.223 e. The number of rotatable bonds is 40. The topological polar surface area (TPSA) is 68.8 Å². The van der Waals surface area contributed by atoms with Gasteiger partial charge in [0, 0.05) is 30.8 Å². The van der Waals surface area contributed by atoms with Crippen LogP contribution in [0.15, 0.2) is 41.1 Å². The molecule has 0 bridgehead atoms. The van der Waals surface area contributed by atoms with Gasteiger partial charge in [-0.3, -0.25) is 9.63 Å². The van der Waals surface area contributed by atoms with E-state index in [0.29, 0.717) is 18.4 Å². The summed E-state index contributed by atoms with van der Waals surface area (Å²) in [6, 6.07) is 0. The van der Waals surface area contributed by atoms with Gasteiger partial charge in [0.05, 0.1) is 24.6 Å². The summed E-state index contributed by atoms with van der Waals surface area (Å²) in [5, 5.41) is 3.30. The number of amides is 1. The highest BCUT2D eigenvalue weighted by Gasteiger charge is 2.22. The van der Waals surface area contributed by atoms with E-state index in [-0.39, 0.29) is 17.4 Å². The molecule has 1 aliphatic rings. The Labute approximate surface area is 360 Å². The Morgan fingerprint density at radius 1 is 0.655 bits per heavy atom. The highest BCUT2D eigenvalue weighted by atomic mass is 16.7. The Bertz CT molecular complexity index is 1120. The largest absolute Gasteiger partial charge is 0.498 e. The molecular weight excluding hydrogens is 717 g/mol. The first-order valence-electron chi connectivity index (χ1n) is 24.8. The molecule has 1 rings (SSSR count). The number of unbranched alkanes of at least 4 members (excludes halogenated alkanes) is 11. The molecule has 58 heavy (non-hydrogen) atoms. The van der Waals surface area contributed by atoms with Crippen molar-refractivity contribution in [3.8, 4) is 0 Å². The summed E-state index contributed by atoms with van der Waals surface area (Å²) in [6.07, 6.45) is 35.2. The van der Waals surface area contributed by atoms with Gasteiger partial charge >= 0.3 is 0 Å². The van der Waals surface area contributed by atoms with Gasteiger partial charge in [-0.2, -0.15) is 0 Å². The lowest BCUT2D eigenvalue weighted by atomic mass is 9.93. The maximum absolute atomic E-state index is 13.5. The van der Waals surface area contributed by atoms with Crippen LogP contribution in [0, 0.1) is 17.8 Å². The SMILES string of the molecule is C=C=C(OCCCCCCNC(=O)[C@@H](CCCC(CCCO/C(=C/C)C(CCCC)CCCCCC)=C1CC1)CCNOC(C)(C)C)C(CCCC)CCCCCC. The molecule has 0 spiro atoms. The number of hydroxylamine groups is 1. The molecule has 1 aliphatic carbocycles. The standard InChI is InChI=1S/C52H96N2O4/c1-10-16-20-24-32-46(30-18-12-3)49(14-5)56-42-27-23-22-26-40-53-51(55)48(39-41-54-58-52(7,8)9)35-28-34-44(45-37-38-45)36-29-43-57-50(15-6)47(31-19-13-4)33-25-21-17-11-2/h15,46-48,54H,5,10-13,16-43H2,1-4,6-9H3,(H,53,55)/b50-15+/t46?,47?,48-/m0/s1. The lowest BCUT2D eigenvalue weighted by molar-refractivity contribution is -0.126. The summed E-state index contributed by atoms with van der Waals surface area (Å²) >= 11 is 0. The van der Waals surface area contributed by atoms with Crippen molar-refractivity contribution in [3.63, 3.8) is 0 Å². The fourth-order valence-electron chi connectivity index (χ4n) is 8.08. The molecule has 0 aromatic rings. The van der Waals surface area contributed by atoms with Crippen LogP contribution < -0.4 is 10.8 Å². The Morgan fingerprint density at radius 2 is 1.21 bits per heavy atom. The van der Waals surface area contributed by atoms with Crippen LogP contribution in [0.4, 0.5) is 0 Å². The minimum Gasteiger partial charge on any atom is -0.498 e. The second-order valence-corrected chi connectivity index (χ2v) is 18.3. The van der Waals surface area contributed by atoms with Gasteiger partial charge in [-0.25, -0.2) is 5.48 Å². The summed E-state index contributed by atoms with van der Waals surface area (Å²) in [7, 11) is 0. The highest BCUT2D eigenvalue weighted by molar-refractivity contribution is 5.78. The van der Waals surface area contributed by atoms with Crippen molar-refractivity contribution in [2.45, 2.75) is 241 Å². The van der Waals surface area contributed by atoms with Crippen LogP contribution in [0.25, 0.3) is 0 Å². The Morgan fingerprint density at radius 3 is 1.81 bits per heavy atom. The summed E-state index contributed by atoms with van der Waals surface area (Å²) in [5.74, 6) is 3.42. The van der Waals surface area contributed by atoms with Gasteiger partial charge in [0.15, 0.2) is 0 Å². The molecule has 1 amide bonds. The minimum atomic E-state index is -0.259. The second-order valence-electron chi connectivity index (χ2n) is 18.3. The monoisotopic (exact) mass is 813 g/mol.